The fourth-order valence-electron chi connectivity index (χ4n) is 3.00. The van der Waals surface area contributed by atoms with Crippen molar-refractivity contribution in [2.24, 2.45) is 0 Å². The third kappa shape index (κ3) is 3.59. The summed E-state index contributed by atoms with van der Waals surface area (Å²) < 4.78 is 23.7. The summed E-state index contributed by atoms with van der Waals surface area (Å²) in [6, 6.07) is 6.04. The molecule has 5 heteroatoms. The molecule has 1 saturated carbocycles. The van der Waals surface area contributed by atoms with Crippen LogP contribution < -0.4 is 4.74 Å². The average Bonchev–Trinajstić information content (AvgIpc) is 2.95. The molecule has 116 valence electrons. The summed E-state index contributed by atoms with van der Waals surface area (Å²) in [4.78, 5) is 0. The van der Waals surface area contributed by atoms with Crippen LogP contribution in [-0.2, 0) is 20.8 Å². The van der Waals surface area contributed by atoms with Crippen molar-refractivity contribution < 1.29 is 18.9 Å². The number of hydrogen-bond donors (Lipinski definition) is 0. The lowest BCUT2D eigenvalue weighted by Gasteiger charge is -2.35. The highest BCUT2D eigenvalue weighted by Crippen LogP contribution is 2.37. The van der Waals surface area contributed by atoms with E-state index in [1.165, 1.54) is 0 Å². The zero-order valence-electron chi connectivity index (χ0n) is 12.3. The van der Waals surface area contributed by atoms with E-state index in [1.807, 2.05) is 18.2 Å². The van der Waals surface area contributed by atoms with E-state index < -0.39 is 0 Å². The van der Waals surface area contributed by atoms with Gasteiger partial charge in [-0.05, 0) is 46.5 Å². The van der Waals surface area contributed by atoms with Crippen LogP contribution >= 0.6 is 15.9 Å². The topological polar surface area (TPSA) is 36.9 Å². The molecule has 1 aliphatic heterocycles. The van der Waals surface area contributed by atoms with Gasteiger partial charge in [0.25, 0.3) is 0 Å². The normalized spacial score (nSPS) is 21.8. The molecule has 1 aromatic carbocycles. The molecule has 0 N–H and O–H groups in total. The third-order valence-electron chi connectivity index (χ3n) is 4.21. The lowest BCUT2D eigenvalue weighted by atomic mass is 9.92. The molecular weight excluding hydrogens is 336 g/mol. The van der Waals surface area contributed by atoms with Gasteiger partial charge in [-0.1, -0.05) is 6.07 Å². The fourth-order valence-corrected chi connectivity index (χ4v) is 3.59. The number of halogens is 1. The highest BCUT2D eigenvalue weighted by Gasteiger charge is 2.40. The van der Waals surface area contributed by atoms with Gasteiger partial charge in [-0.3, -0.25) is 0 Å². The van der Waals surface area contributed by atoms with Crippen LogP contribution in [0.1, 0.15) is 31.2 Å². The fraction of sp³-hybridized carbons (Fsp3) is 0.625. The largest absolute Gasteiger partial charge is 0.496 e. The van der Waals surface area contributed by atoms with Crippen molar-refractivity contribution in [1.29, 1.82) is 0 Å². The maximum atomic E-state index is 6.03. The second kappa shape index (κ2) is 6.65. The molecule has 0 radical (unpaired) electrons. The van der Waals surface area contributed by atoms with Crippen LogP contribution in [0.4, 0.5) is 0 Å². The van der Waals surface area contributed by atoms with Crippen LogP contribution in [0.15, 0.2) is 22.7 Å². The van der Waals surface area contributed by atoms with Crippen LogP contribution in [0.25, 0.3) is 0 Å². The van der Waals surface area contributed by atoms with Crippen molar-refractivity contribution >= 4 is 15.9 Å². The van der Waals surface area contributed by atoms with Gasteiger partial charge < -0.3 is 18.9 Å². The van der Waals surface area contributed by atoms with Gasteiger partial charge in [-0.2, -0.15) is 0 Å². The van der Waals surface area contributed by atoms with E-state index in [1.54, 1.807) is 7.11 Å². The summed E-state index contributed by atoms with van der Waals surface area (Å²) in [7, 11) is 1.67. The van der Waals surface area contributed by atoms with Gasteiger partial charge >= 0.3 is 0 Å². The van der Waals surface area contributed by atoms with E-state index in [4.69, 9.17) is 18.9 Å². The van der Waals surface area contributed by atoms with Gasteiger partial charge in [0.1, 0.15) is 5.75 Å². The molecule has 0 amide bonds. The molecule has 0 bridgehead atoms. The van der Waals surface area contributed by atoms with Crippen LogP contribution in [0.3, 0.4) is 0 Å². The van der Waals surface area contributed by atoms with Gasteiger partial charge in [0.2, 0.25) is 0 Å². The Kier molecular flexibility index (Phi) is 4.84. The van der Waals surface area contributed by atoms with E-state index >= 15 is 0 Å². The number of rotatable bonds is 4. The van der Waals surface area contributed by atoms with Gasteiger partial charge in [0.15, 0.2) is 5.79 Å². The Labute approximate surface area is 133 Å². The lowest BCUT2D eigenvalue weighted by Crippen LogP contribution is -2.37. The van der Waals surface area contributed by atoms with Gasteiger partial charge in [0.05, 0.1) is 37.5 Å². The molecule has 4 nitrogen and oxygen atoms in total. The molecule has 2 fully saturated rings. The average molecular weight is 357 g/mol. The zero-order valence-corrected chi connectivity index (χ0v) is 13.9. The lowest BCUT2D eigenvalue weighted by molar-refractivity contribution is -0.192. The second-order valence-corrected chi connectivity index (χ2v) is 6.44. The maximum Gasteiger partial charge on any atom is 0.168 e. The maximum absolute atomic E-state index is 6.03. The van der Waals surface area contributed by atoms with Crippen molar-refractivity contribution in [2.45, 2.75) is 44.2 Å². The summed E-state index contributed by atoms with van der Waals surface area (Å²) in [5.41, 5.74) is 1.15. The first-order valence-electron chi connectivity index (χ1n) is 7.43. The van der Waals surface area contributed by atoms with Crippen LogP contribution in [0, 0.1) is 0 Å². The number of ether oxygens (including phenoxy) is 4. The van der Waals surface area contributed by atoms with Crippen LogP contribution in [0.5, 0.6) is 5.75 Å². The van der Waals surface area contributed by atoms with Crippen molar-refractivity contribution in [1.82, 2.24) is 0 Å². The van der Waals surface area contributed by atoms with E-state index in [9.17, 15) is 0 Å². The van der Waals surface area contributed by atoms with E-state index in [2.05, 4.69) is 15.9 Å². The Bertz CT molecular complexity index is 475. The first kappa shape index (κ1) is 15.3. The minimum Gasteiger partial charge on any atom is -0.496 e. The molecule has 0 aromatic heterocycles. The van der Waals surface area contributed by atoms with Crippen LogP contribution in [0.2, 0.25) is 0 Å². The number of benzene rings is 1. The summed E-state index contributed by atoms with van der Waals surface area (Å²) in [6.07, 6.45) is 4.16. The minimum atomic E-state index is -0.303. The predicted octanol–water partition coefficient (Wildman–Crippen LogP) is 3.66. The van der Waals surface area contributed by atoms with E-state index in [0.29, 0.717) is 12.7 Å². The molecule has 1 aliphatic carbocycles. The molecule has 21 heavy (non-hydrogen) atoms. The molecule has 0 unspecified atom stereocenters. The summed E-state index contributed by atoms with van der Waals surface area (Å²) >= 11 is 3.50. The highest BCUT2D eigenvalue weighted by atomic mass is 79.9. The molecular formula is C16H21BrO4. The highest BCUT2D eigenvalue weighted by molar-refractivity contribution is 9.10. The predicted molar refractivity (Wildman–Crippen MR) is 82.4 cm³/mol. The molecule has 1 heterocycles. The van der Waals surface area contributed by atoms with Gasteiger partial charge in [0, 0.05) is 12.8 Å². The Morgan fingerprint density at radius 1 is 1.24 bits per heavy atom. The van der Waals surface area contributed by atoms with Crippen molar-refractivity contribution in [3.63, 3.8) is 0 Å². The first-order chi connectivity index (χ1) is 10.2. The van der Waals surface area contributed by atoms with Crippen molar-refractivity contribution in [3.8, 4) is 5.75 Å². The van der Waals surface area contributed by atoms with Gasteiger partial charge in [-0.25, -0.2) is 0 Å². The molecule has 3 rings (SSSR count). The molecule has 1 saturated heterocycles. The number of hydrogen-bond acceptors (Lipinski definition) is 4. The molecule has 2 aliphatic rings. The minimum absolute atomic E-state index is 0.296. The smallest absolute Gasteiger partial charge is 0.168 e. The summed E-state index contributed by atoms with van der Waals surface area (Å²) in [6.45, 7) is 2.08. The van der Waals surface area contributed by atoms with Gasteiger partial charge in [-0.15, -0.1) is 0 Å². The molecule has 0 atom stereocenters. The Balaban J connectivity index is 1.49. The summed E-state index contributed by atoms with van der Waals surface area (Å²) in [5, 5.41) is 0. The second-order valence-electron chi connectivity index (χ2n) is 5.59. The number of methoxy groups -OCH3 is 1. The van der Waals surface area contributed by atoms with E-state index in [-0.39, 0.29) is 5.79 Å². The quantitative estimate of drug-likeness (QED) is 0.824. The monoisotopic (exact) mass is 356 g/mol. The summed E-state index contributed by atoms with van der Waals surface area (Å²) in [5.74, 6) is 0.539. The standard InChI is InChI=1S/C16H21BrO4/c1-18-15-3-2-12(10-14(15)17)11-19-13-4-6-16(7-5-13)20-8-9-21-16/h2-3,10,13H,4-9,11H2,1H3. The van der Waals surface area contributed by atoms with Crippen molar-refractivity contribution in [2.75, 3.05) is 20.3 Å². The molecule has 1 aromatic rings. The third-order valence-corrected chi connectivity index (χ3v) is 4.83. The Morgan fingerprint density at radius 3 is 2.57 bits per heavy atom. The Hall–Kier alpha value is -0.620. The van der Waals surface area contributed by atoms with E-state index in [0.717, 1.165) is 54.7 Å². The Morgan fingerprint density at radius 2 is 1.95 bits per heavy atom. The molecule has 1 spiro atoms. The SMILES string of the molecule is COc1ccc(COC2CCC3(CC2)OCCO3)cc1Br. The first-order valence-corrected chi connectivity index (χ1v) is 8.22. The van der Waals surface area contributed by atoms with Crippen LogP contribution in [-0.4, -0.2) is 32.2 Å². The zero-order chi connectivity index (χ0) is 14.7. The van der Waals surface area contributed by atoms with Crippen molar-refractivity contribution in [3.05, 3.63) is 28.2 Å².